The number of ether oxygens (including phenoxy) is 2. The van der Waals surface area contributed by atoms with Crippen LogP contribution in [0.1, 0.15) is 32.8 Å². The van der Waals surface area contributed by atoms with E-state index in [2.05, 4.69) is 35.8 Å². The van der Waals surface area contributed by atoms with Crippen LogP contribution in [0.25, 0.3) is 0 Å². The first-order chi connectivity index (χ1) is 10.1. The van der Waals surface area contributed by atoms with Crippen molar-refractivity contribution in [3.8, 4) is 11.5 Å². The zero-order chi connectivity index (χ0) is 15.7. The molecule has 2 N–H and O–H groups in total. The fourth-order valence-corrected chi connectivity index (χ4v) is 3.03. The molecule has 0 saturated heterocycles. The van der Waals surface area contributed by atoms with Gasteiger partial charge in [0, 0.05) is 11.8 Å². The van der Waals surface area contributed by atoms with Gasteiger partial charge in [-0.1, -0.05) is 13.8 Å². The highest BCUT2D eigenvalue weighted by atomic mass is 79.9. The first-order valence-electron chi connectivity index (χ1n) is 7.53. The fourth-order valence-electron chi connectivity index (χ4n) is 1.94. The predicted molar refractivity (Wildman–Crippen MR) is 95.8 cm³/mol. The summed E-state index contributed by atoms with van der Waals surface area (Å²) < 4.78 is 12.6. The Morgan fingerprint density at radius 3 is 2.62 bits per heavy atom. The normalized spacial score (nSPS) is 12.2. The zero-order valence-electron chi connectivity index (χ0n) is 13.2. The van der Waals surface area contributed by atoms with Crippen molar-refractivity contribution in [3.63, 3.8) is 0 Å². The molecule has 0 spiro atoms. The lowest BCUT2D eigenvalue weighted by Crippen LogP contribution is -2.21. The van der Waals surface area contributed by atoms with Gasteiger partial charge in [-0.25, -0.2) is 0 Å². The third-order valence-electron chi connectivity index (χ3n) is 3.07. The first-order valence-corrected chi connectivity index (χ1v) is 9.48. The van der Waals surface area contributed by atoms with Gasteiger partial charge in [-0.3, -0.25) is 0 Å². The molecule has 1 aromatic rings. The van der Waals surface area contributed by atoms with E-state index < -0.39 is 0 Å². The van der Waals surface area contributed by atoms with Crippen molar-refractivity contribution in [1.82, 2.24) is 0 Å². The van der Waals surface area contributed by atoms with Gasteiger partial charge in [0.2, 0.25) is 0 Å². The number of hydrogen-bond donors (Lipinski definition) is 1. The quantitative estimate of drug-likeness (QED) is 0.620. The summed E-state index contributed by atoms with van der Waals surface area (Å²) in [7, 11) is 0. The van der Waals surface area contributed by atoms with Crippen LogP contribution in [0.4, 0.5) is 0 Å². The monoisotopic (exact) mass is 375 g/mol. The molecule has 1 aromatic carbocycles. The summed E-state index contributed by atoms with van der Waals surface area (Å²) in [6.07, 6.45) is 1.81. The summed E-state index contributed by atoms with van der Waals surface area (Å²) in [4.78, 5) is 0. The van der Waals surface area contributed by atoms with Gasteiger partial charge in [-0.2, -0.15) is 11.8 Å². The number of benzene rings is 1. The summed E-state index contributed by atoms with van der Waals surface area (Å²) in [6, 6.07) is 4.31. The van der Waals surface area contributed by atoms with Crippen LogP contribution < -0.4 is 15.2 Å². The molecule has 0 saturated carbocycles. The maximum Gasteiger partial charge on any atom is 0.175 e. The third-order valence-corrected chi connectivity index (χ3v) is 4.52. The van der Waals surface area contributed by atoms with Gasteiger partial charge < -0.3 is 15.2 Å². The van der Waals surface area contributed by atoms with Crippen LogP contribution in [-0.2, 0) is 6.42 Å². The van der Waals surface area contributed by atoms with Crippen molar-refractivity contribution in [2.24, 2.45) is 5.73 Å². The van der Waals surface area contributed by atoms with Crippen LogP contribution in [0.5, 0.6) is 11.5 Å². The van der Waals surface area contributed by atoms with Crippen molar-refractivity contribution in [2.45, 2.75) is 39.7 Å². The van der Waals surface area contributed by atoms with Gasteiger partial charge in [0.25, 0.3) is 0 Å². The Labute approximate surface area is 141 Å². The second kappa shape index (κ2) is 10.4. The van der Waals surface area contributed by atoms with E-state index in [0.717, 1.165) is 40.3 Å². The van der Waals surface area contributed by atoms with E-state index in [1.165, 1.54) is 5.56 Å². The Morgan fingerprint density at radius 1 is 1.24 bits per heavy atom. The topological polar surface area (TPSA) is 44.5 Å². The van der Waals surface area contributed by atoms with Crippen LogP contribution >= 0.6 is 27.7 Å². The molecule has 0 heterocycles. The van der Waals surface area contributed by atoms with Gasteiger partial charge in [0.05, 0.1) is 17.7 Å². The highest BCUT2D eigenvalue weighted by Crippen LogP contribution is 2.37. The molecular weight excluding hydrogens is 350 g/mol. The standard InChI is InChI=1S/C16H26BrNO2S/c1-4-13(18)9-12-10-14(17)16(15(11-12)19-5-2)20-7-8-21-6-3/h10-11,13H,4-9,18H2,1-3H3. The first kappa shape index (κ1) is 18.7. The largest absolute Gasteiger partial charge is 0.490 e. The molecule has 0 bridgehead atoms. The molecular formula is C16H26BrNO2S. The summed E-state index contributed by atoms with van der Waals surface area (Å²) in [6.45, 7) is 7.54. The minimum absolute atomic E-state index is 0.180. The minimum atomic E-state index is 0.180. The SMILES string of the molecule is CCOc1cc(CC(N)CC)cc(Br)c1OCCSCC. The summed E-state index contributed by atoms with van der Waals surface area (Å²) >= 11 is 5.47. The Kier molecular flexibility index (Phi) is 9.20. The highest BCUT2D eigenvalue weighted by Gasteiger charge is 2.13. The van der Waals surface area contributed by atoms with E-state index in [-0.39, 0.29) is 6.04 Å². The van der Waals surface area contributed by atoms with Crippen molar-refractivity contribution < 1.29 is 9.47 Å². The highest BCUT2D eigenvalue weighted by molar-refractivity contribution is 9.10. The molecule has 0 aliphatic carbocycles. The van der Waals surface area contributed by atoms with E-state index in [1.807, 2.05) is 24.8 Å². The maximum atomic E-state index is 6.04. The van der Waals surface area contributed by atoms with Gasteiger partial charge in [-0.05, 0) is 59.1 Å². The van der Waals surface area contributed by atoms with Crippen molar-refractivity contribution in [3.05, 3.63) is 22.2 Å². The van der Waals surface area contributed by atoms with E-state index in [9.17, 15) is 0 Å². The van der Waals surface area contributed by atoms with Gasteiger partial charge in [-0.15, -0.1) is 0 Å². The summed E-state index contributed by atoms with van der Waals surface area (Å²) in [5.74, 6) is 3.68. The smallest absolute Gasteiger partial charge is 0.175 e. The molecule has 0 amide bonds. The van der Waals surface area contributed by atoms with E-state index in [0.29, 0.717) is 13.2 Å². The lowest BCUT2D eigenvalue weighted by Gasteiger charge is -2.16. The van der Waals surface area contributed by atoms with Crippen LogP contribution in [0.2, 0.25) is 0 Å². The molecule has 120 valence electrons. The third kappa shape index (κ3) is 6.49. The average molecular weight is 376 g/mol. The molecule has 0 radical (unpaired) electrons. The number of thioether (sulfide) groups is 1. The van der Waals surface area contributed by atoms with Crippen LogP contribution in [-0.4, -0.2) is 30.8 Å². The lowest BCUT2D eigenvalue weighted by molar-refractivity contribution is 0.287. The molecule has 0 fully saturated rings. The lowest BCUT2D eigenvalue weighted by atomic mass is 10.0. The molecule has 0 aromatic heterocycles. The maximum absolute atomic E-state index is 6.04. The Bertz CT molecular complexity index is 429. The molecule has 1 rings (SSSR count). The molecule has 0 aliphatic heterocycles. The van der Waals surface area contributed by atoms with Crippen LogP contribution in [0.3, 0.4) is 0 Å². The number of halogens is 1. The van der Waals surface area contributed by atoms with Crippen molar-refractivity contribution >= 4 is 27.7 Å². The summed E-state index contributed by atoms with van der Waals surface area (Å²) in [5, 5.41) is 0. The van der Waals surface area contributed by atoms with Gasteiger partial charge >= 0.3 is 0 Å². The molecule has 5 heteroatoms. The van der Waals surface area contributed by atoms with Gasteiger partial charge in [0.15, 0.2) is 11.5 Å². The van der Waals surface area contributed by atoms with E-state index in [4.69, 9.17) is 15.2 Å². The number of rotatable bonds is 10. The molecule has 0 aliphatic rings. The van der Waals surface area contributed by atoms with Crippen molar-refractivity contribution in [1.29, 1.82) is 0 Å². The molecule has 3 nitrogen and oxygen atoms in total. The predicted octanol–water partition coefficient (Wildman–Crippen LogP) is 4.26. The minimum Gasteiger partial charge on any atom is -0.490 e. The van der Waals surface area contributed by atoms with Crippen LogP contribution in [0, 0.1) is 0 Å². The van der Waals surface area contributed by atoms with Crippen molar-refractivity contribution in [2.75, 3.05) is 24.7 Å². The van der Waals surface area contributed by atoms with E-state index in [1.54, 1.807) is 0 Å². The second-order valence-corrected chi connectivity index (χ2v) is 7.00. The van der Waals surface area contributed by atoms with Gasteiger partial charge in [0.1, 0.15) is 0 Å². The average Bonchev–Trinajstić information content (AvgIpc) is 2.46. The summed E-state index contributed by atoms with van der Waals surface area (Å²) in [5.41, 5.74) is 7.22. The number of hydrogen-bond acceptors (Lipinski definition) is 4. The fraction of sp³-hybridized carbons (Fsp3) is 0.625. The Morgan fingerprint density at radius 2 is 2.00 bits per heavy atom. The molecule has 1 unspecified atom stereocenters. The van der Waals surface area contributed by atoms with Crippen LogP contribution in [0.15, 0.2) is 16.6 Å². The second-order valence-electron chi connectivity index (χ2n) is 4.76. The Hall–Kier alpha value is -0.390. The Balaban J connectivity index is 2.85. The molecule has 21 heavy (non-hydrogen) atoms. The number of nitrogens with two attached hydrogens (primary N) is 1. The zero-order valence-corrected chi connectivity index (χ0v) is 15.6. The van der Waals surface area contributed by atoms with E-state index >= 15 is 0 Å². The molecule has 1 atom stereocenters.